The maximum Gasteiger partial charge on any atom is 0.175 e. The second-order valence-corrected chi connectivity index (χ2v) is 9.13. The van der Waals surface area contributed by atoms with Gasteiger partial charge in [-0.05, 0) is 53.1 Å². The second kappa shape index (κ2) is 7.50. The molecular formula is C23H18ClNO3S. The Hall–Kier alpha value is -2.89. The molecule has 3 aromatic carbocycles. The van der Waals surface area contributed by atoms with Crippen molar-refractivity contribution in [3.8, 4) is 28.0 Å². The van der Waals surface area contributed by atoms with Crippen molar-refractivity contribution in [3.63, 3.8) is 0 Å². The highest BCUT2D eigenvalue weighted by Gasteiger charge is 2.13. The third kappa shape index (κ3) is 3.71. The van der Waals surface area contributed by atoms with Crippen LogP contribution < -0.4 is 4.74 Å². The number of aromatic nitrogens is 1. The predicted octanol–water partition coefficient (Wildman–Crippen LogP) is 5.63. The molecule has 0 radical (unpaired) electrons. The number of hydrogen-bond donors (Lipinski definition) is 0. The number of fused-ring (bicyclic) bond motifs is 1. The van der Waals surface area contributed by atoms with E-state index in [0.717, 1.165) is 33.2 Å². The summed E-state index contributed by atoms with van der Waals surface area (Å²) in [5.41, 5.74) is 4.21. The second-order valence-electron chi connectivity index (χ2n) is 6.71. The van der Waals surface area contributed by atoms with Crippen molar-refractivity contribution in [1.29, 1.82) is 0 Å². The van der Waals surface area contributed by atoms with Gasteiger partial charge in [-0.3, -0.25) is 4.98 Å². The van der Waals surface area contributed by atoms with Crippen LogP contribution in [0.2, 0.25) is 5.02 Å². The molecule has 0 aliphatic carbocycles. The topological polar surface area (TPSA) is 56.3 Å². The van der Waals surface area contributed by atoms with E-state index in [2.05, 4.69) is 4.98 Å². The van der Waals surface area contributed by atoms with Crippen molar-refractivity contribution in [2.24, 2.45) is 0 Å². The van der Waals surface area contributed by atoms with E-state index in [0.29, 0.717) is 10.8 Å². The summed E-state index contributed by atoms with van der Waals surface area (Å²) in [4.78, 5) is 4.74. The normalized spacial score (nSPS) is 11.6. The molecule has 4 aromatic rings. The number of rotatable bonds is 4. The molecule has 1 aromatic heterocycles. The summed E-state index contributed by atoms with van der Waals surface area (Å²) in [7, 11) is -1.67. The molecule has 0 unspecified atom stereocenters. The third-order valence-electron chi connectivity index (χ3n) is 4.81. The molecule has 4 rings (SSSR count). The number of pyridine rings is 1. The molecule has 0 spiro atoms. The first-order chi connectivity index (χ1) is 13.9. The molecule has 0 N–H and O–H groups in total. The van der Waals surface area contributed by atoms with Crippen molar-refractivity contribution < 1.29 is 13.2 Å². The van der Waals surface area contributed by atoms with E-state index in [9.17, 15) is 8.42 Å². The molecule has 0 amide bonds. The number of methoxy groups -OCH3 is 1. The summed E-state index contributed by atoms with van der Waals surface area (Å²) in [6.07, 6.45) is 2.93. The summed E-state index contributed by atoms with van der Waals surface area (Å²) >= 11 is 6.55. The van der Waals surface area contributed by atoms with Gasteiger partial charge in [-0.15, -0.1) is 0 Å². The molecule has 146 valence electrons. The molecule has 0 saturated carbocycles. The van der Waals surface area contributed by atoms with E-state index in [1.807, 2.05) is 48.5 Å². The first-order valence-electron chi connectivity index (χ1n) is 8.90. The molecule has 0 aliphatic rings. The molecule has 6 heteroatoms. The number of para-hydroxylation sites is 1. The van der Waals surface area contributed by atoms with E-state index >= 15 is 0 Å². The first-order valence-corrected chi connectivity index (χ1v) is 11.2. The lowest BCUT2D eigenvalue weighted by molar-refractivity contribution is 0.419. The average Bonchev–Trinajstić information content (AvgIpc) is 2.73. The maximum atomic E-state index is 11.9. The molecule has 29 heavy (non-hydrogen) atoms. The zero-order chi connectivity index (χ0) is 20.6. The summed E-state index contributed by atoms with van der Waals surface area (Å²) < 4.78 is 29.3. The van der Waals surface area contributed by atoms with Gasteiger partial charge in [-0.2, -0.15) is 0 Å². The van der Waals surface area contributed by atoms with Crippen LogP contribution in [-0.2, 0) is 9.84 Å². The number of sulfone groups is 1. The highest BCUT2D eigenvalue weighted by Crippen LogP contribution is 2.38. The van der Waals surface area contributed by atoms with Crippen LogP contribution in [0.1, 0.15) is 0 Å². The number of hydrogen-bond acceptors (Lipinski definition) is 4. The molecule has 0 atom stereocenters. The van der Waals surface area contributed by atoms with Crippen molar-refractivity contribution in [1.82, 2.24) is 4.98 Å². The van der Waals surface area contributed by atoms with Gasteiger partial charge < -0.3 is 4.74 Å². The standard InChI is InChI=1S/C23H18ClNO3S/c1-28-22-8-4-7-19-18(11-12-25-23(19)22)20-14-16(9-10-21(20)24)15-5-3-6-17(13-15)29(2,26)27/h3-14H,1-2H3. The van der Waals surface area contributed by atoms with Gasteiger partial charge in [0.1, 0.15) is 11.3 Å². The van der Waals surface area contributed by atoms with Crippen molar-refractivity contribution in [3.05, 3.63) is 77.9 Å². The number of benzene rings is 3. The Labute approximate surface area is 174 Å². The SMILES string of the molecule is COc1cccc2c(-c3cc(-c4cccc(S(C)(=O)=O)c4)ccc3Cl)ccnc12. The molecule has 4 nitrogen and oxygen atoms in total. The third-order valence-corrected chi connectivity index (χ3v) is 6.25. The largest absolute Gasteiger partial charge is 0.494 e. The number of nitrogens with zero attached hydrogens (tertiary/aromatic N) is 1. The fourth-order valence-corrected chi connectivity index (χ4v) is 4.25. The van der Waals surface area contributed by atoms with Gasteiger partial charge in [0, 0.05) is 28.4 Å². The Morgan fingerprint density at radius 1 is 0.897 bits per heavy atom. The van der Waals surface area contributed by atoms with Crippen LogP contribution in [0.3, 0.4) is 0 Å². The summed E-state index contributed by atoms with van der Waals surface area (Å²) in [6.45, 7) is 0. The van der Waals surface area contributed by atoms with E-state index in [4.69, 9.17) is 16.3 Å². The highest BCUT2D eigenvalue weighted by atomic mass is 35.5. The fraction of sp³-hybridized carbons (Fsp3) is 0.0870. The van der Waals surface area contributed by atoms with Gasteiger partial charge in [0.05, 0.1) is 12.0 Å². The Bertz CT molecular complexity index is 1330. The lowest BCUT2D eigenvalue weighted by Gasteiger charge is -2.12. The van der Waals surface area contributed by atoms with Gasteiger partial charge in [0.2, 0.25) is 0 Å². The first kappa shape index (κ1) is 19.4. The van der Waals surface area contributed by atoms with Crippen LogP contribution in [0, 0.1) is 0 Å². The van der Waals surface area contributed by atoms with Crippen LogP contribution in [0.25, 0.3) is 33.2 Å². The van der Waals surface area contributed by atoms with Gasteiger partial charge in [0.15, 0.2) is 9.84 Å². The Kier molecular flexibility index (Phi) is 5.03. The smallest absolute Gasteiger partial charge is 0.175 e. The van der Waals surface area contributed by atoms with Gasteiger partial charge >= 0.3 is 0 Å². The molecule has 0 aliphatic heterocycles. The quantitative estimate of drug-likeness (QED) is 0.426. The zero-order valence-corrected chi connectivity index (χ0v) is 17.5. The molecular weight excluding hydrogens is 406 g/mol. The lowest BCUT2D eigenvalue weighted by atomic mass is 9.96. The minimum atomic E-state index is -3.29. The number of ether oxygens (including phenoxy) is 1. The Balaban J connectivity index is 1.91. The van der Waals surface area contributed by atoms with Crippen molar-refractivity contribution in [2.45, 2.75) is 4.90 Å². The summed E-state index contributed by atoms with van der Waals surface area (Å²) in [6, 6.07) is 20.3. The van der Waals surface area contributed by atoms with E-state index in [1.165, 1.54) is 6.26 Å². The monoisotopic (exact) mass is 423 g/mol. The van der Waals surface area contributed by atoms with Crippen LogP contribution >= 0.6 is 11.6 Å². The lowest BCUT2D eigenvalue weighted by Crippen LogP contribution is -1.96. The van der Waals surface area contributed by atoms with Crippen LogP contribution in [0.4, 0.5) is 0 Å². The Morgan fingerprint density at radius 2 is 1.66 bits per heavy atom. The van der Waals surface area contributed by atoms with E-state index < -0.39 is 9.84 Å². The van der Waals surface area contributed by atoms with Gasteiger partial charge in [-0.1, -0.05) is 41.9 Å². The van der Waals surface area contributed by atoms with Crippen molar-refractivity contribution in [2.75, 3.05) is 13.4 Å². The van der Waals surface area contributed by atoms with Crippen molar-refractivity contribution >= 4 is 32.3 Å². The summed E-state index contributed by atoms with van der Waals surface area (Å²) in [5, 5.41) is 1.53. The highest BCUT2D eigenvalue weighted by molar-refractivity contribution is 7.90. The minimum Gasteiger partial charge on any atom is -0.494 e. The Morgan fingerprint density at radius 3 is 2.41 bits per heavy atom. The molecule has 0 saturated heterocycles. The zero-order valence-electron chi connectivity index (χ0n) is 15.9. The molecule has 0 bridgehead atoms. The fourth-order valence-electron chi connectivity index (χ4n) is 3.37. The van der Waals surface area contributed by atoms with Crippen LogP contribution in [0.15, 0.2) is 77.8 Å². The summed E-state index contributed by atoms with van der Waals surface area (Å²) in [5.74, 6) is 0.692. The van der Waals surface area contributed by atoms with E-state index in [-0.39, 0.29) is 4.90 Å². The van der Waals surface area contributed by atoms with Gasteiger partial charge in [-0.25, -0.2) is 8.42 Å². The molecule has 0 fully saturated rings. The average molecular weight is 424 g/mol. The molecule has 1 heterocycles. The van der Waals surface area contributed by atoms with E-state index in [1.54, 1.807) is 31.5 Å². The van der Waals surface area contributed by atoms with Crippen LogP contribution in [0.5, 0.6) is 5.75 Å². The van der Waals surface area contributed by atoms with Crippen LogP contribution in [-0.4, -0.2) is 26.8 Å². The van der Waals surface area contributed by atoms with Gasteiger partial charge in [0.25, 0.3) is 0 Å². The maximum absolute atomic E-state index is 11.9. The number of halogens is 1. The predicted molar refractivity (Wildman–Crippen MR) is 117 cm³/mol. The minimum absolute atomic E-state index is 0.283.